The highest BCUT2D eigenvalue weighted by Gasteiger charge is 2.13. The van der Waals surface area contributed by atoms with Crippen LogP contribution in [0.4, 0.5) is 4.39 Å². The second-order valence-electron chi connectivity index (χ2n) is 4.94. The fourth-order valence-electron chi connectivity index (χ4n) is 2.28. The molecule has 0 saturated carbocycles. The smallest absolute Gasteiger partial charge is 0.123 e. The molecule has 23 heavy (non-hydrogen) atoms. The van der Waals surface area contributed by atoms with E-state index in [1.807, 2.05) is 30.3 Å². The number of aliphatic hydroxyl groups excluding tert-OH is 1. The van der Waals surface area contributed by atoms with E-state index in [4.69, 9.17) is 4.74 Å². The number of aliphatic hydroxyl groups is 1. The Morgan fingerprint density at radius 3 is 2.48 bits per heavy atom. The first-order chi connectivity index (χ1) is 11.3. The van der Waals surface area contributed by atoms with Crippen molar-refractivity contribution >= 4 is 0 Å². The van der Waals surface area contributed by atoms with Gasteiger partial charge in [-0.15, -0.1) is 5.10 Å². The number of halogens is 1. The molecule has 0 amide bonds. The Bertz CT molecular complexity index is 757. The van der Waals surface area contributed by atoms with E-state index in [0.717, 1.165) is 11.4 Å². The van der Waals surface area contributed by atoms with Crippen molar-refractivity contribution in [2.45, 2.75) is 13.0 Å². The summed E-state index contributed by atoms with van der Waals surface area (Å²) in [4.78, 5) is 0. The fourth-order valence-corrected chi connectivity index (χ4v) is 2.28. The molecular weight excluding hydrogens is 297 g/mol. The predicted molar refractivity (Wildman–Crippen MR) is 82.9 cm³/mol. The molecule has 0 unspecified atom stereocenters. The zero-order valence-electron chi connectivity index (χ0n) is 12.4. The van der Waals surface area contributed by atoms with Gasteiger partial charge in [-0.25, -0.2) is 9.07 Å². The van der Waals surface area contributed by atoms with E-state index in [1.54, 1.807) is 16.8 Å². The Balaban J connectivity index is 1.77. The first-order valence-corrected chi connectivity index (χ1v) is 7.26. The highest BCUT2D eigenvalue weighted by Crippen LogP contribution is 2.16. The highest BCUT2D eigenvalue weighted by atomic mass is 19.1. The van der Waals surface area contributed by atoms with Crippen LogP contribution in [0.3, 0.4) is 0 Å². The van der Waals surface area contributed by atoms with Crippen LogP contribution in [0.15, 0.2) is 54.6 Å². The summed E-state index contributed by atoms with van der Waals surface area (Å²) >= 11 is 0. The first-order valence-electron chi connectivity index (χ1n) is 7.26. The molecule has 1 aromatic heterocycles. The van der Waals surface area contributed by atoms with Crippen LogP contribution in [0.5, 0.6) is 5.75 Å². The van der Waals surface area contributed by atoms with Gasteiger partial charge in [-0.2, -0.15) is 0 Å². The Hall–Kier alpha value is -2.73. The van der Waals surface area contributed by atoms with Gasteiger partial charge in [0, 0.05) is 6.42 Å². The molecule has 1 heterocycles. The summed E-state index contributed by atoms with van der Waals surface area (Å²) in [6.07, 6.45) is 0.523. The van der Waals surface area contributed by atoms with Gasteiger partial charge in [0.1, 0.15) is 17.3 Å². The second kappa shape index (κ2) is 7.02. The summed E-state index contributed by atoms with van der Waals surface area (Å²) in [6.45, 7) is 0.216. The lowest BCUT2D eigenvalue weighted by Gasteiger charge is -2.09. The molecular formula is C17H16FN3O2. The average Bonchev–Trinajstić information content (AvgIpc) is 2.99. The number of nitrogens with zero attached hydrogens (tertiary/aromatic N) is 3. The van der Waals surface area contributed by atoms with E-state index < -0.39 is 0 Å². The van der Waals surface area contributed by atoms with E-state index in [1.165, 1.54) is 12.1 Å². The van der Waals surface area contributed by atoms with Crippen LogP contribution in [0.25, 0.3) is 5.69 Å². The summed E-state index contributed by atoms with van der Waals surface area (Å²) in [5, 5.41) is 17.4. The van der Waals surface area contributed by atoms with Gasteiger partial charge in [-0.3, -0.25) is 0 Å². The number of para-hydroxylation sites is 1. The zero-order valence-corrected chi connectivity index (χ0v) is 12.4. The molecule has 6 heteroatoms. The normalized spacial score (nSPS) is 10.7. The molecule has 118 valence electrons. The highest BCUT2D eigenvalue weighted by molar-refractivity contribution is 5.33. The molecule has 0 aliphatic heterocycles. The minimum absolute atomic E-state index is 0.206. The Morgan fingerprint density at radius 1 is 1.04 bits per heavy atom. The van der Waals surface area contributed by atoms with Crippen molar-refractivity contribution in [3.8, 4) is 11.4 Å². The minimum atomic E-state index is -0.315. The lowest BCUT2D eigenvalue weighted by Crippen LogP contribution is -2.09. The number of rotatable bonds is 6. The monoisotopic (exact) mass is 313 g/mol. The van der Waals surface area contributed by atoms with E-state index in [0.29, 0.717) is 24.4 Å². The standard InChI is InChI=1S/C17H16FN3O2/c18-13-6-8-14(9-7-13)21-17(16(12-22)19-20-21)10-11-23-15-4-2-1-3-5-15/h1-9,22H,10-12H2. The van der Waals surface area contributed by atoms with Gasteiger partial charge in [0.2, 0.25) is 0 Å². The molecule has 0 aliphatic carbocycles. The van der Waals surface area contributed by atoms with Crippen LogP contribution in [0.1, 0.15) is 11.4 Å². The molecule has 3 rings (SSSR count). The van der Waals surface area contributed by atoms with Gasteiger partial charge in [0.25, 0.3) is 0 Å². The topological polar surface area (TPSA) is 60.2 Å². The summed E-state index contributed by atoms with van der Waals surface area (Å²) < 4.78 is 20.3. The fraction of sp³-hybridized carbons (Fsp3) is 0.176. The van der Waals surface area contributed by atoms with Gasteiger partial charge >= 0.3 is 0 Å². The van der Waals surface area contributed by atoms with Gasteiger partial charge in [-0.1, -0.05) is 23.4 Å². The summed E-state index contributed by atoms with van der Waals surface area (Å²) in [5.41, 5.74) is 1.93. The maximum absolute atomic E-state index is 13.1. The summed E-state index contributed by atoms with van der Waals surface area (Å²) in [5.74, 6) is 0.462. The van der Waals surface area contributed by atoms with Crippen LogP contribution < -0.4 is 4.74 Å². The van der Waals surface area contributed by atoms with Gasteiger partial charge < -0.3 is 9.84 Å². The van der Waals surface area contributed by atoms with E-state index in [-0.39, 0.29) is 12.4 Å². The molecule has 0 saturated heterocycles. The molecule has 0 spiro atoms. The van der Waals surface area contributed by atoms with Crippen molar-refractivity contribution < 1.29 is 14.2 Å². The van der Waals surface area contributed by atoms with Crippen molar-refractivity contribution in [3.05, 3.63) is 71.8 Å². The SMILES string of the molecule is OCc1nnn(-c2ccc(F)cc2)c1CCOc1ccccc1. The van der Waals surface area contributed by atoms with Crippen LogP contribution in [0.2, 0.25) is 0 Å². The van der Waals surface area contributed by atoms with Crippen molar-refractivity contribution in [2.75, 3.05) is 6.61 Å². The third-order valence-electron chi connectivity index (χ3n) is 3.42. The van der Waals surface area contributed by atoms with Crippen molar-refractivity contribution in [1.82, 2.24) is 15.0 Å². The lowest BCUT2D eigenvalue weighted by molar-refractivity contribution is 0.273. The number of hydrogen-bond donors (Lipinski definition) is 1. The predicted octanol–water partition coefficient (Wildman–Crippen LogP) is 2.52. The minimum Gasteiger partial charge on any atom is -0.493 e. The summed E-state index contributed by atoms with van der Waals surface area (Å²) in [6, 6.07) is 15.4. The molecule has 0 aliphatic rings. The second-order valence-corrected chi connectivity index (χ2v) is 4.94. The summed E-state index contributed by atoms with van der Waals surface area (Å²) in [7, 11) is 0. The van der Waals surface area contributed by atoms with Crippen molar-refractivity contribution in [2.24, 2.45) is 0 Å². The van der Waals surface area contributed by atoms with Gasteiger partial charge in [-0.05, 0) is 36.4 Å². The third kappa shape index (κ3) is 3.54. The van der Waals surface area contributed by atoms with E-state index >= 15 is 0 Å². The lowest BCUT2D eigenvalue weighted by atomic mass is 10.2. The molecule has 2 aromatic carbocycles. The number of ether oxygens (including phenoxy) is 1. The van der Waals surface area contributed by atoms with Crippen LogP contribution in [-0.4, -0.2) is 26.7 Å². The third-order valence-corrected chi connectivity index (χ3v) is 3.42. The maximum atomic E-state index is 13.1. The van der Waals surface area contributed by atoms with Crippen LogP contribution in [0, 0.1) is 5.82 Å². The van der Waals surface area contributed by atoms with Crippen LogP contribution in [-0.2, 0) is 13.0 Å². The molecule has 0 radical (unpaired) electrons. The largest absolute Gasteiger partial charge is 0.493 e. The molecule has 5 nitrogen and oxygen atoms in total. The number of hydrogen-bond acceptors (Lipinski definition) is 4. The van der Waals surface area contributed by atoms with Gasteiger partial charge in [0.15, 0.2) is 0 Å². The Labute approximate surface area is 133 Å². The molecule has 3 aromatic rings. The van der Waals surface area contributed by atoms with E-state index in [2.05, 4.69) is 10.3 Å². The van der Waals surface area contributed by atoms with Crippen molar-refractivity contribution in [3.63, 3.8) is 0 Å². The number of aromatic nitrogens is 3. The quantitative estimate of drug-likeness (QED) is 0.759. The number of benzene rings is 2. The van der Waals surface area contributed by atoms with Crippen LogP contribution >= 0.6 is 0 Å². The molecule has 0 atom stereocenters. The van der Waals surface area contributed by atoms with Crippen molar-refractivity contribution in [1.29, 1.82) is 0 Å². The molecule has 1 N–H and O–H groups in total. The Morgan fingerprint density at radius 2 is 1.78 bits per heavy atom. The van der Waals surface area contributed by atoms with E-state index in [9.17, 15) is 9.50 Å². The van der Waals surface area contributed by atoms with Gasteiger partial charge in [0.05, 0.1) is 24.6 Å². The first kappa shape index (κ1) is 15.2. The Kier molecular flexibility index (Phi) is 4.63. The average molecular weight is 313 g/mol. The zero-order chi connectivity index (χ0) is 16.1. The maximum Gasteiger partial charge on any atom is 0.123 e. The molecule has 0 fully saturated rings. The molecule has 0 bridgehead atoms.